The largest absolute Gasteiger partial charge is 0.480 e. The Balaban J connectivity index is 1.31. The van der Waals surface area contributed by atoms with Crippen molar-refractivity contribution in [1.82, 2.24) is 14.7 Å². The zero-order valence-corrected chi connectivity index (χ0v) is 21.7. The Morgan fingerprint density at radius 1 is 0.744 bits per heavy atom. The van der Waals surface area contributed by atoms with Gasteiger partial charge in [-0.15, -0.1) is 0 Å². The fourth-order valence-electron chi connectivity index (χ4n) is 6.56. The highest BCUT2D eigenvalue weighted by Gasteiger charge is 2.54. The molecule has 8 heteroatoms. The highest BCUT2D eigenvalue weighted by molar-refractivity contribution is 6.01. The first-order valence-electron chi connectivity index (χ1n) is 13.6. The Morgan fingerprint density at radius 2 is 1.33 bits per heavy atom. The summed E-state index contributed by atoms with van der Waals surface area (Å²) >= 11 is 0. The third kappa shape index (κ3) is 4.50. The van der Waals surface area contributed by atoms with Crippen molar-refractivity contribution in [3.63, 3.8) is 0 Å². The summed E-state index contributed by atoms with van der Waals surface area (Å²) in [5, 5.41) is 10.4. The van der Waals surface area contributed by atoms with Gasteiger partial charge in [-0.2, -0.15) is 0 Å². The molecule has 0 aromatic heterocycles. The number of para-hydroxylation sites is 2. The molecule has 200 valence electrons. The molecule has 2 bridgehead atoms. The number of hydrogen-bond donors (Lipinski definition) is 1. The highest BCUT2D eigenvalue weighted by Crippen LogP contribution is 2.40. The number of likely N-dealkylation sites (tertiary alicyclic amines) is 2. The van der Waals surface area contributed by atoms with Crippen molar-refractivity contribution in [2.45, 2.75) is 49.9 Å². The van der Waals surface area contributed by atoms with Crippen LogP contribution in [0.15, 0.2) is 91.0 Å². The molecule has 39 heavy (non-hydrogen) atoms. The molecule has 1 N–H and O–H groups in total. The van der Waals surface area contributed by atoms with E-state index < -0.39 is 24.1 Å². The lowest BCUT2D eigenvalue weighted by atomic mass is 10.0. The van der Waals surface area contributed by atoms with Gasteiger partial charge in [-0.05, 0) is 55.5 Å². The number of carbonyl (C=O) groups excluding carboxylic acids is 2. The van der Waals surface area contributed by atoms with Crippen molar-refractivity contribution in [1.29, 1.82) is 0 Å². The third-order valence-corrected chi connectivity index (χ3v) is 8.28. The zero-order valence-electron chi connectivity index (χ0n) is 21.7. The Hall–Kier alpha value is -4.33. The number of hydrogen-bond acceptors (Lipinski definition) is 3. The number of anilines is 2. The number of carbonyl (C=O) groups is 3. The predicted molar refractivity (Wildman–Crippen MR) is 148 cm³/mol. The van der Waals surface area contributed by atoms with Crippen LogP contribution in [0, 0.1) is 0 Å². The molecule has 3 aliphatic heterocycles. The number of carboxylic acid groups (broad SMARTS) is 1. The molecule has 0 spiro atoms. The first-order chi connectivity index (χ1) is 19.0. The maximum absolute atomic E-state index is 14.2. The second-order valence-corrected chi connectivity index (χ2v) is 10.5. The first-order valence-corrected chi connectivity index (χ1v) is 13.6. The Bertz CT molecular complexity index is 1300. The summed E-state index contributed by atoms with van der Waals surface area (Å²) in [6.45, 7) is 0.822. The van der Waals surface area contributed by atoms with Gasteiger partial charge in [0, 0.05) is 13.1 Å². The van der Waals surface area contributed by atoms with E-state index in [1.807, 2.05) is 95.9 Å². The summed E-state index contributed by atoms with van der Waals surface area (Å²) in [5.41, 5.74) is 2.42. The first kappa shape index (κ1) is 25.0. The van der Waals surface area contributed by atoms with E-state index in [9.17, 15) is 19.5 Å². The van der Waals surface area contributed by atoms with Gasteiger partial charge < -0.3 is 19.8 Å². The normalized spacial score (nSPS) is 24.1. The average molecular weight is 525 g/mol. The molecule has 3 saturated heterocycles. The zero-order chi connectivity index (χ0) is 26.9. The van der Waals surface area contributed by atoms with Crippen molar-refractivity contribution in [3.05, 3.63) is 96.6 Å². The molecule has 3 aromatic rings. The standard InChI is InChI=1S/C31H32N4O4/c36-29(37)28-27-19-18-25(35(27)30(38)32-20-10-17-26(32)22-11-4-1-5-12-22)21-33(28)31(39)34(23-13-6-2-7-14-23)24-15-8-3-9-16-24/h1-9,11-16,25-28H,10,17-21H2,(H,36,37)/t25-,26?,27+,28-/m0/s1. The monoisotopic (exact) mass is 524 g/mol. The molecular weight excluding hydrogens is 492 g/mol. The number of carboxylic acids is 1. The molecule has 0 aliphatic carbocycles. The van der Waals surface area contributed by atoms with E-state index >= 15 is 0 Å². The second kappa shape index (κ2) is 10.4. The Morgan fingerprint density at radius 3 is 1.92 bits per heavy atom. The molecule has 0 radical (unpaired) electrons. The van der Waals surface area contributed by atoms with Crippen LogP contribution >= 0.6 is 0 Å². The maximum atomic E-state index is 14.2. The Kier molecular flexibility index (Phi) is 6.69. The number of piperazine rings is 1. The lowest BCUT2D eigenvalue weighted by Crippen LogP contribution is -2.67. The van der Waals surface area contributed by atoms with Crippen molar-refractivity contribution in [2.75, 3.05) is 18.0 Å². The van der Waals surface area contributed by atoms with E-state index in [1.165, 1.54) is 4.90 Å². The number of rotatable bonds is 4. The molecule has 3 fully saturated rings. The minimum absolute atomic E-state index is 0.0207. The SMILES string of the molecule is O=C(O)[C@@H]1[C@H]2CC[C@@H](CN1C(=O)N(c1ccccc1)c1ccccc1)N2C(=O)N1CCCC1c1ccccc1. The lowest BCUT2D eigenvalue weighted by Gasteiger charge is -2.47. The summed E-state index contributed by atoms with van der Waals surface area (Å²) in [6, 6.07) is 26.1. The quantitative estimate of drug-likeness (QED) is 0.488. The molecular formula is C31H32N4O4. The molecule has 4 amide bonds. The minimum atomic E-state index is -1.13. The van der Waals surface area contributed by atoms with Crippen molar-refractivity contribution in [3.8, 4) is 0 Å². The molecule has 1 unspecified atom stereocenters. The highest BCUT2D eigenvalue weighted by atomic mass is 16.4. The lowest BCUT2D eigenvalue weighted by molar-refractivity contribution is -0.145. The fraction of sp³-hybridized carbons (Fsp3) is 0.323. The van der Waals surface area contributed by atoms with Gasteiger partial charge in [0.2, 0.25) is 0 Å². The van der Waals surface area contributed by atoms with E-state index in [0.717, 1.165) is 18.4 Å². The van der Waals surface area contributed by atoms with Gasteiger partial charge in [0.15, 0.2) is 6.04 Å². The summed E-state index contributed by atoms with van der Waals surface area (Å²) in [4.78, 5) is 47.7. The number of fused-ring (bicyclic) bond motifs is 2. The summed E-state index contributed by atoms with van der Waals surface area (Å²) < 4.78 is 0. The Labute approximate surface area is 228 Å². The number of aliphatic carboxylic acids is 1. The van der Waals surface area contributed by atoms with Crippen LogP contribution in [0.25, 0.3) is 0 Å². The molecule has 8 nitrogen and oxygen atoms in total. The van der Waals surface area contributed by atoms with E-state index in [1.54, 1.807) is 9.80 Å². The van der Waals surface area contributed by atoms with E-state index in [0.29, 0.717) is 30.8 Å². The van der Waals surface area contributed by atoms with Gasteiger partial charge in [-0.3, -0.25) is 4.90 Å². The van der Waals surface area contributed by atoms with Crippen LogP contribution in [-0.2, 0) is 4.79 Å². The van der Waals surface area contributed by atoms with Gasteiger partial charge in [-0.1, -0.05) is 66.7 Å². The number of amides is 4. The molecule has 3 aliphatic rings. The topological polar surface area (TPSA) is 84.4 Å². The summed E-state index contributed by atoms with van der Waals surface area (Å²) in [7, 11) is 0. The smallest absolute Gasteiger partial charge is 0.329 e. The van der Waals surface area contributed by atoms with E-state index in [-0.39, 0.29) is 24.7 Å². The number of urea groups is 2. The maximum Gasteiger partial charge on any atom is 0.329 e. The molecule has 3 aromatic carbocycles. The van der Waals surface area contributed by atoms with Crippen molar-refractivity contribution in [2.24, 2.45) is 0 Å². The van der Waals surface area contributed by atoms with Crippen molar-refractivity contribution >= 4 is 29.4 Å². The van der Waals surface area contributed by atoms with Crippen LogP contribution in [0.5, 0.6) is 0 Å². The van der Waals surface area contributed by atoms with E-state index in [2.05, 4.69) is 0 Å². The molecule has 4 atom stereocenters. The van der Waals surface area contributed by atoms with Gasteiger partial charge in [0.25, 0.3) is 0 Å². The fourth-order valence-corrected chi connectivity index (χ4v) is 6.56. The van der Waals surface area contributed by atoms with Crippen LogP contribution in [0.4, 0.5) is 21.0 Å². The van der Waals surface area contributed by atoms with Crippen LogP contribution < -0.4 is 4.90 Å². The van der Waals surface area contributed by atoms with Gasteiger partial charge in [0.05, 0.1) is 29.5 Å². The van der Waals surface area contributed by atoms with Crippen molar-refractivity contribution < 1.29 is 19.5 Å². The van der Waals surface area contributed by atoms with Crippen LogP contribution in [-0.4, -0.2) is 69.1 Å². The number of benzene rings is 3. The van der Waals surface area contributed by atoms with Crippen LogP contribution in [0.2, 0.25) is 0 Å². The molecule has 3 heterocycles. The van der Waals surface area contributed by atoms with Gasteiger partial charge in [0.1, 0.15) is 0 Å². The second-order valence-electron chi connectivity index (χ2n) is 10.5. The molecule has 0 saturated carbocycles. The predicted octanol–water partition coefficient (Wildman–Crippen LogP) is 5.50. The van der Waals surface area contributed by atoms with Gasteiger partial charge in [-0.25, -0.2) is 14.4 Å². The molecule has 6 rings (SSSR count). The van der Waals surface area contributed by atoms with Crippen LogP contribution in [0.1, 0.15) is 37.3 Å². The summed E-state index contributed by atoms with van der Waals surface area (Å²) in [6.07, 6.45) is 3.02. The average Bonchev–Trinajstić information content (AvgIpc) is 3.58. The van der Waals surface area contributed by atoms with Crippen LogP contribution in [0.3, 0.4) is 0 Å². The van der Waals surface area contributed by atoms with E-state index in [4.69, 9.17) is 0 Å². The minimum Gasteiger partial charge on any atom is -0.480 e. The third-order valence-electron chi connectivity index (χ3n) is 8.28. The summed E-state index contributed by atoms with van der Waals surface area (Å²) in [5.74, 6) is -1.09. The van der Waals surface area contributed by atoms with Gasteiger partial charge >= 0.3 is 18.0 Å². The number of nitrogens with zero attached hydrogens (tertiary/aromatic N) is 4.